The Morgan fingerprint density at radius 3 is 2.30 bits per heavy atom. The fourth-order valence-electron chi connectivity index (χ4n) is 5.44. The number of amides is 1. The van der Waals surface area contributed by atoms with Crippen LogP contribution in [-0.4, -0.2) is 53.4 Å². The summed E-state index contributed by atoms with van der Waals surface area (Å²) in [6.45, 7) is 1.40. The van der Waals surface area contributed by atoms with E-state index >= 15 is 0 Å². The smallest absolute Gasteiger partial charge is 0.251 e. The fraction of sp³-hybridized carbons (Fsp3) is 0.433. The van der Waals surface area contributed by atoms with Crippen molar-refractivity contribution in [2.45, 2.75) is 57.0 Å². The monoisotopic (exact) mass is 505 g/mol. The van der Waals surface area contributed by atoms with E-state index in [1.165, 1.54) is 60.6 Å². The Balaban J connectivity index is 1.45. The number of carbonyl (C=O) groups excluding carboxylic acids is 1. The molecule has 0 unspecified atom stereocenters. The lowest BCUT2D eigenvalue weighted by atomic mass is 9.84. The first-order valence-electron chi connectivity index (χ1n) is 13.3. The van der Waals surface area contributed by atoms with E-state index in [1.807, 2.05) is 7.05 Å². The van der Waals surface area contributed by atoms with Crippen LogP contribution >= 0.6 is 0 Å². The standard InChI is InChI=1S/C30H39N3O4/c1-31-18-25(15-21-11-12-22-9-5-6-10-23(22)13-21)32-19-26(14-20-7-3-2-4-8-20)33-30(37)24-16-27(34)29(36)28(35)17-24/h5-6,9-13,16-17,20,25-26,31-32,34-36H,2-4,7-8,14-15,18-19H2,1H3,(H,33,37)/t25-,26-/m0/s1. The van der Waals surface area contributed by atoms with Gasteiger partial charge < -0.3 is 31.3 Å². The Kier molecular flexibility index (Phi) is 9.25. The molecule has 0 aromatic heterocycles. The third-order valence-corrected chi connectivity index (χ3v) is 7.41. The zero-order valence-corrected chi connectivity index (χ0v) is 21.5. The van der Waals surface area contributed by atoms with Crippen molar-refractivity contribution in [3.8, 4) is 17.2 Å². The van der Waals surface area contributed by atoms with Gasteiger partial charge in [-0.2, -0.15) is 0 Å². The average Bonchev–Trinajstić information content (AvgIpc) is 2.90. The SMILES string of the molecule is CNC[C@H](Cc1ccc2ccccc2c1)NC[C@H](CC1CCCCC1)NC(=O)c1cc(O)c(O)c(O)c1. The maximum Gasteiger partial charge on any atom is 0.251 e. The summed E-state index contributed by atoms with van der Waals surface area (Å²) in [7, 11) is 1.94. The van der Waals surface area contributed by atoms with Gasteiger partial charge in [-0.15, -0.1) is 0 Å². The molecule has 0 bridgehead atoms. The average molecular weight is 506 g/mol. The van der Waals surface area contributed by atoms with E-state index in [9.17, 15) is 20.1 Å². The predicted molar refractivity (Wildman–Crippen MR) is 147 cm³/mol. The lowest BCUT2D eigenvalue weighted by molar-refractivity contribution is 0.0926. The molecule has 3 aromatic carbocycles. The molecule has 37 heavy (non-hydrogen) atoms. The highest BCUT2D eigenvalue weighted by atomic mass is 16.3. The zero-order valence-electron chi connectivity index (χ0n) is 21.5. The third kappa shape index (κ3) is 7.37. The topological polar surface area (TPSA) is 114 Å². The summed E-state index contributed by atoms with van der Waals surface area (Å²) in [5.41, 5.74) is 1.37. The molecule has 0 spiro atoms. The highest BCUT2D eigenvalue weighted by molar-refractivity contribution is 5.95. The van der Waals surface area contributed by atoms with Gasteiger partial charge in [0, 0.05) is 30.7 Å². The highest BCUT2D eigenvalue weighted by Crippen LogP contribution is 2.35. The number of hydrogen-bond acceptors (Lipinski definition) is 6. The Labute approximate surface area is 218 Å². The lowest BCUT2D eigenvalue weighted by Crippen LogP contribution is -2.48. The number of hydrogen-bond donors (Lipinski definition) is 6. The van der Waals surface area contributed by atoms with Crippen LogP contribution in [0.15, 0.2) is 54.6 Å². The van der Waals surface area contributed by atoms with Gasteiger partial charge in [0.15, 0.2) is 17.2 Å². The van der Waals surface area contributed by atoms with Crippen LogP contribution in [0.2, 0.25) is 0 Å². The Bertz CT molecular complexity index is 1170. The van der Waals surface area contributed by atoms with E-state index in [4.69, 9.17) is 0 Å². The molecule has 6 N–H and O–H groups in total. The molecular weight excluding hydrogens is 466 g/mol. The molecule has 4 rings (SSSR count). The molecule has 0 heterocycles. The van der Waals surface area contributed by atoms with Crippen molar-refractivity contribution in [3.05, 3.63) is 65.7 Å². The quantitative estimate of drug-likeness (QED) is 0.215. The van der Waals surface area contributed by atoms with E-state index in [1.54, 1.807) is 0 Å². The highest BCUT2D eigenvalue weighted by Gasteiger charge is 2.23. The second kappa shape index (κ2) is 12.8. The van der Waals surface area contributed by atoms with Crippen LogP contribution in [-0.2, 0) is 6.42 Å². The molecule has 7 nitrogen and oxygen atoms in total. The van der Waals surface area contributed by atoms with Crippen LogP contribution in [0, 0.1) is 5.92 Å². The zero-order chi connectivity index (χ0) is 26.2. The Morgan fingerprint density at radius 1 is 0.892 bits per heavy atom. The van der Waals surface area contributed by atoms with Crippen molar-refractivity contribution in [1.82, 2.24) is 16.0 Å². The van der Waals surface area contributed by atoms with Gasteiger partial charge in [-0.1, -0.05) is 74.6 Å². The first-order valence-corrected chi connectivity index (χ1v) is 13.3. The molecule has 1 aliphatic rings. The molecule has 1 aliphatic carbocycles. The lowest BCUT2D eigenvalue weighted by Gasteiger charge is -2.29. The molecule has 1 fully saturated rings. The summed E-state index contributed by atoms with van der Waals surface area (Å²) in [6.07, 6.45) is 7.79. The second-order valence-corrected chi connectivity index (χ2v) is 10.3. The summed E-state index contributed by atoms with van der Waals surface area (Å²) < 4.78 is 0. The Hall–Kier alpha value is -3.29. The molecular formula is C30H39N3O4. The Morgan fingerprint density at radius 2 is 1.59 bits per heavy atom. The maximum atomic E-state index is 13.0. The van der Waals surface area contributed by atoms with Crippen LogP contribution in [0.5, 0.6) is 17.2 Å². The first-order chi connectivity index (χ1) is 17.9. The van der Waals surface area contributed by atoms with Crippen LogP contribution in [0.4, 0.5) is 0 Å². The van der Waals surface area contributed by atoms with Crippen LogP contribution in [0.3, 0.4) is 0 Å². The van der Waals surface area contributed by atoms with Gasteiger partial charge in [-0.3, -0.25) is 4.79 Å². The van der Waals surface area contributed by atoms with Crippen molar-refractivity contribution in [3.63, 3.8) is 0 Å². The third-order valence-electron chi connectivity index (χ3n) is 7.41. The minimum atomic E-state index is -0.624. The van der Waals surface area contributed by atoms with Gasteiger partial charge in [-0.25, -0.2) is 0 Å². The van der Waals surface area contributed by atoms with Gasteiger partial charge in [0.1, 0.15) is 0 Å². The summed E-state index contributed by atoms with van der Waals surface area (Å²) >= 11 is 0. The van der Waals surface area contributed by atoms with Gasteiger partial charge in [0.25, 0.3) is 5.91 Å². The fourth-order valence-corrected chi connectivity index (χ4v) is 5.44. The van der Waals surface area contributed by atoms with Crippen LogP contribution in [0.25, 0.3) is 10.8 Å². The van der Waals surface area contributed by atoms with Gasteiger partial charge in [-0.05, 0) is 54.3 Å². The number of likely N-dealkylation sites (N-methyl/N-ethyl adjacent to an activating group) is 1. The number of phenolic OH excluding ortho intramolecular Hbond substituents is 3. The van der Waals surface area contributed by atoms with Crippen LogP contribution < -0.4 is 16.0 Å². The predicted octanol–water partition coefficient (Wildman–Crippen LogP) is 4.45. The van der Waals surface area contributed by atoms with Crippen molar-refractivity contribution in [2.24, 2.45) is 5.92 Å². The first kappa shape index (κ1) is 26.8. The number of rotatable bonds is 11. The number of benzene rings is 3. The number of nitrogens with one attached hydrogen (secondary N) is 3. The van der Waals surface area contributed by atoms with E-state index < -0.39 is 17.2 Å². The second-order valence-electron chi connectivity index (χ2n) is 10.3. The number of phenols is 3. The normalized spacial score (nSPS) is 15.9. The minimum absolute atomic E-state index is 0.107. The number of aromatic hydroxyl groups is 3. The van der Waals surface area contributed by atoms with Crippen molar-refractivity contribution in [1.29, 1.82) is 0 Å². The van der Waals surface area contributed by atoms with E-state index in [0.717, 1.165) is 19.4 Å². The summed E-state index contributed by atoms with van der Waals surface area (Å²) in [6, 6.07) is 17.4. The van der Waals surface area contributed by atoms with Crippen molar-refractivity contribution in [2.75, 3.05) is 20.1 Å². The molecule has 1 amide bonds. The molecule has 0 aliphatic heterocycles. The summed E-state index contributed by atoms with van der Waals surface area (Å²) in [5, 5.41) is 41.9. The maximum absolute atomic E-state index is 13.0. The van der Waals surface area contributed by atoms with Crippen molar-refractivity contribution < 1.29 is 20.1 Å². The van der Waals surface area contributed by atoms with Gasteiger partial charge in [0.05, 0.1) is 0 Å². The molecule has 3 aromatic rings. The molecule has 7 heteroatoms. The van der Waals surface area contributed by atoms with E-state index in [2.05, 4.69) is 58.4 Å². The van der Waals surface area contributed by atoms with E-state index in [0.29, 0.717) is 12.5 Å². The minimum Gasteiger partial charge on any atom is -0.504 e. The molecule has 0 saturated heterocycles. The molecule has 1 saturated carbocycles. The van der Waals surface area contributed by atoms with E-state index in [-0.39, 0.29) is 23.6 Å². The van der Waals surface area contributed by atoms with Crippen molar-refractivity contribution >= 4 is 16.7 Å². The number of fused-ring (bicyclic) bond motifs is 1. The van der Waals surface area contributed by atoms with Gasteiger partial charge >= 0.3 is 0 Å². The molecule has 198 valence electrons. The molecule has 2 atom stereocenters. The largest absolute Gasteiger partial charge is 0.504 e. The van der Waals surface area contributed by atoms with Crippen LogP contribution in [0.1, 0.15) is 54.4 Å². The summed E-state index contributed by atoms with van der Waals surface area (Å²) in [5.74, 6) is -1.48. The molecule has 0 radical (unpaired) electrons. The summed E-state index contributed by atoms with van der Waals surface area (Å²) in [4.78, 5) is 13.0. The van der Waals surface area contributed by atoms with Gasteiger partial charge in [0.2, 0.25) is 0 Å². The number of carbonyl (C=O) groups is 1.